The number of allylic oxidation sites excluding steroid dienone is 6. The molecule has 0 spiro atoms. The maximum absolute atomic E-state index is 12.0. The van der Waals surface area contributed by atoms with Crippen LogP contribution in [-0.4, -0.2) is 29.8 Å². The molecule has 2 N–H and O–H groups in total. The predicted molar refractivity (Wildman–Crippen MR) is 122 cm³/mol. The Kier molecular flexibility index (Phi) is 6.31. The summed E-state index contributed by atoms with van der Waals surface area (Å²) >= 11 is 0. The van der Waals surface area contributed by atoms with Gasteiger partial charge in [-0.25, -0.2) is 0 Å². The van der Waals surface area contributed by atoms with Crippen molar-refractivity contribution in [3.8, 4) is 0 Å². The zero-order chi connectivity index (χ0) is 22.3. The first-order chi connectivity index (χ1) is 13.1. The van der Waals surface area contributed by atoms with E-state index in [9.17, 15) is 13.0 Å². The Morgan fingerprint density at radius 2 is 1.52 bits per heavy atom. The van der Waals surface area contributed by atoms with Gasteiger partial charge in [-0.3, -0.25) is 4.55 Å². The third kappa shape index (κ3) is 4.52. The Bertz CT molecular complexity index is 904. The molecule has 0 fully saturated rings. The number of hydrogen-bond donors (Lipinski definition) is 2. The lowest BCUT2D eigenvalue weighted by Crippen LogP contribution is -2.42. The van der Waals surface area contributed by atoms with E-state index in [2.05, 4.69) is 78.1 Å². The molecule has 4 nitrogen and oxygen atoms in total. The van der Waals surface area contributed by atoms with Crippen LogP contribution >= 0.6 is 0 Å². The van der Waals surface area contributed by atoms with E-state index in [-0.39, 0.29) is 16.4 Å². The smallest absolute Gasteiger partial charge is 0.277 e. The van der Waals surface area contributed by atoms with E-state index >= 15 is 0 Å². The molecule has 0 saturated carbocycles. The van der Waals surface area contributed by atoms with E-state index in [4.69, 9.17) is 0 Å². The summed E-state index contributed by atoms with van der Waals surface area (Å²) in [6.07, 6.45) is 15.6. The molecule has 0 aliphatic heterocycles. The summed E-state index contributed by atoms with van der Waals surface area (Å²) in [5.74, 6) is 0.430. The van der Waals surface area contributed by atoms with Crippen LogP contribution in [0.15, 0.2) is 59.8 Å². The van der Waals surface area contributed by atoms with Crippen molar-refractivity contribution in [2.45, 2.75) is 65.7 Å². The molecule has 3 atom stereocenters. The average molecular weight is 420 g/mol. The van der Waals surface area contributed by atoms with Gasteiger partial charge in [-0.1, -0.05) is 90.2 Å². The Hall–Kier alpha value is -1.43. The standard InChI is InChI=1S/C24H37NO3S/c1-9-25-23(7)15-14-22(6,21(4,5)18(2)3)16-19-10-12-24(8,29(26,27)28)13-11-20(19)17-23/h10-18,25H,9H2,1-8H3,(H,26,27,28)/b15-14-,19-16-,20-17?. The summed E-state index contributed by atoms with van der Waals surface area (Å²) in [5.41, 5.74) is 1.21. The number of likely N-dealkylation sites (N-methyl/N-ethyl adjacent to an activating group) is 1. The summed E-state index contributed by atoms with van der Waals surface area (Å²) < 4.78 is 32.3. The zero-order valence-electron chi connectivity index (χ0n) is 19.1. The third-order valence-corrected chi connectivity index (χ3v) is 8.54. The molecule has 0 bridgehead atoms. The highest BCUT2D eigenvalue weighted by Gasteiger charge is 2.42. The van der Waals surface area contributed by atoms with Crippen molar-refractivity contribution in [2.24, 2.45) is 16.7 Å². The Labute approximate surface area is 177 Å². The van der Waals surface area contributed by atoms with Crippen molar-refractivity contribution in [2.75, 3.05) is 6.54 Å². The van der Waals surface area contributed by atoms with Crippen molar-refractivity contribution in [3.63, 3.8) is 0 Å². The summed E-state index contributed by atoms with van der Waals surface area (Å²) in [5, 5.41) is 3.54. The highest BCUT2D eigenvalue weighted by atomic mass is 32.2. The van der Waals surface area contributed by atoms with Crippen LogP contribution in [0.2, 0.25) is 0 Å². The maximum atomic E-state index is 12.0. The quantitative estimate of drug-likeness (QED) is 0.472. The molecule has 0 heterocycles. The normalized spacial score (nSPS) is 35.8. The Balaban J connectivity index is 2.81. The van der Waals surface area contributed by atoms with Crippen molar-refractivity contribution in [1.82, 2.24) is 5.32 Å². The van der Waals surface area contributed by atoms with Gasteiger partial charge in [-0.2, -0.15) is 8.42 Å². The van der Waals surface area contributed by atoms with Gasteiger partial charge in [-0.15, -0.1) is 0 Å². The fourth-order valence-electron chi connectivity index (χ4n) is 3.80. The second-order valence-electron chi connectivity index (χ2n) is 9.83. The van der Waals surface area contributed by atoms with Crippen LogP contribution in [0.4, 0.5) is 0 Å². The highest BCUT2D eigenvalue weighted by molar-refractivity contribution is 7.87. The van der Waals surface area contributed by atoms with Gasteiger partial charge in [0.1, 0.15) is 4.75 Å². The molecule has 5 heteroatoms. The van der Waals surface area contributed by atoms with Gasteiger partial charge in [0.15, 0.2) is 0 Å². The van der Waals surface area contributed by atoms with Gasteiger partial charge >= 0.3 is 0 Å². The lowest BCUT2D eigenvalue weighted by molar-refractivity contribution is 0.124. The molecule has 2 aliphatic rings. The first-order valence-electron chi connectivity index (χ1n) is 10.4. The molecule has 0 amide bonds. The van der Waals surface area contributed by atoms with Gasteiger partial charge < -0.3 is 5.32 Å². The van der Waals surface area contributed by atoms with E-state index in [0.29, 0.717) is 5.92 Å². The predicted octanol–water partition coefficient (Wildman–Crippen LogP) is 5.24. The molecular weight excluding hydrogens is 382 g/mol. The zero-order valence-corrected chi connectivity index (χ0v) is 19.9. The molecule has 3 unspecified atom stereocenters. The molecular formula is C24H37NO3S. The van der Waals surface area contributed by atoms with Crippen LogP contribution in [0.1, 0.15) is 55.4 Å². The van der Waals surface area contributed by atoms with E-state index in [0.717, 1.165) is 17.7 Å². The molecule has 29 heavy (non-hydrogen) atoms. The van der Waals surface area contributed by atoms with Gasteiger partial charge in [0.2, 0.25) is 0 Å². The lowest BCUT2D eigenvalue weighted by atomic mass is 9.59. The molecule has 0 aromatic carbocycles. The summed E-state index contributed by atoms with van der Waals surface area (Å²) in [4.78, 5) is 0. The van der Waals surface area contributed by atoms with Gasteiger partial charge in [0, 0.05) is 5.41 Å². The second-order valence-corrected chi connectivity index (χ2v) is 11.7. The molecule has 162 valence electrons. The van der Waals surface area contributed by atoms with Crippen LogP contribution in [0.5, 0.6) is 0 Å². The van der Waals surface area contributed by atoms with Gasteiger partial charge in [-0.05, 0) is 42.9 Å². The van der Waals surface area contributed by atoms with E-state index in [1.54, 1.807) is 12.2 Å². The maximum Gasteiger partial charge on any atom is 0.277 e. The molecule has 2 rings (SSSR count). The van der Waals surface area contributed by atoms with Crippen LogP contribution in [-0.2, 0) is 10.1 Å². The molecule has 0 radical (unpaired) electrons. The first kappa shape index (κ1) is 23.8. The average Bonchev–Trinajstić information content (AvgIpc) is 2.73. The fraction of sp³-hybridized carbons (Fsp3) is 0.583. The van der Waals surface area contributed by atoms with Gasteiger partial charge in [0.05, 0.1) is 5.54 Å². The fourth-order valence-corrected chi connectivity index (χ4v) is 4.28. The Morgan fingerprint density at radius 1 is 1.00 bits per heavy atom. The number of hydrogen-bond acceptors (Lipinski definition) is 3. The minimum absolute atomic E-state index is 0.0394. The summed E-state index contributed by atoms with van der Waals surface area (Å²) in [7, 11) is -4.28. The second kappa shape index (κ2) is 7.68. The van der Waals surface area contributed by atoms with Gasteiger partial charge in [0.25, 0.3) is 10.1 Å². The number of fused-ring (bicyclic) bond motifs is 1. The van der Waals surface area contributed by atoms with Crippen LogP contribution in [0.3, 0.4) is 0 Å². The molecule has 2 aliphatic carbocycles. The van der Waals surface area contributed by atoms with Crippen molar-refractivity contribution in [3.05, 3.63) is 59.8 Å². The largest absolute Gasteiger partial charge is 0.305 e. The SMILES string of the molecule is CCNC1(C)C=C2C=CC(C)(S(=O)(=O)O)C=C/C2=C/C(C)(C(C)(C)C(C)C)/C=C\1. The molecule has 0 aromatic rings. The van der Waals surface area contributed by atoms with Crippen molar-refractivity contribution >= 4 is 10.1 Å². The highest BCUT2D eigenvalue weighted by Crippen LogP contribution is 2.49. The van der Waals surface area contributed by atoms with Crippen LogP contribution in [0.25, 0.3) is 0 Å². The summed E-state index contributed by atoms with van der Waals surface area (Å²) in [6.45, 7) is 17.7. The Morgan fingerprint density at radius 3 is 1.97 bits per heavy atom. The monoisotopic (exact) mass is 419 g/mol. The topological polar surface area (TPSA) is 66.4 Å². The van der Waals surface area contributed by atoms with Crippen LogP contribution < -0.4 is 5.32 Å². The lowest BCUT2D eigenvalue weighted by Gasteiger charge is -2.45. The molecule has 0 saturated heterocycles. The number of nitrogens with one attached hydrogen (secondary N) is 1. The van der Waals surface area contributed by atoms with E-state index in [1.807, 2.05) is 12.2 Å². The van der Waals surface area contributed by atoms with E-state index in [1.165, 1.54) is 6.92 Å². The van der Waals surface area contributed by atoms with Crippen LogP contribution in [0, 0.1) is 16.7 Å². The minimum atomic E-state index is -4.28. The number of rotatable bonds is 5. The molecule has 0 aromatic heterocycles. The minimum Gasteiger partial charge on any atom is -0.305 e. The van der Waals surface area contributed by atoms with Crippen molar-refractivity contribution < 1.29 is 13.0 Å². The summed E-state index contributed by atoms with van der Waals surface area (Å²) in [6, 6.07) is 0. The van der Waals surface area contributed by atoms with Crippen molar-refractivity contribution in [1.29, 1.82) is 0 Å². The van der Waals surface area contributed by atoms with E-state index < -0.39 is 14.9 Å². The first-order valence-corrected chi connectivity index (χ1v) is 11.8. The third-order valence-electron chi connectivity index (χ3n) is 7.15.